The third-order valence-corrected chi connectivity index (χ3v) is 2.39. The number of nitrogens with one attached hydrogen (secondary N) is 2. The number of ether oxygens (including phenoxy) is 1. The number of hydrogen-bond donors (Lipinski definition) is 2. The molecule has 2 N–H and O–H groups in total. The number of aromatic nitrogens is 1. The molecule has 0 saturated carbocycles. The van der Waals surface area contributed by atoms with Gasteiger partial charge in [0, 0.05) is 19.4 Å². The van der Waals surface area contributed by atoms with Crippen molar-refractivity contribution in [3.8, 4) is 0 Å². The van der Waals surface area contributed by atoms with Crippen molar-refractivity contribution >= 4 is 5.91 Å². The molecule has 94 valence electrons. The fourth-order valence-electron chi connectivity index (χ4n) is 1.57. The molecule has 1 rings (SSSR count). The molecule has 0 saturated heterocycles. The van der Waals surface area contributed by atoms with Gasteiger partial charge in [-0.2, -0.15) is 0 Å². The smallest absolute Gasteiger partial charge is 0.253 e. The lowest BCUT2D eigenvalue weighted by atomic mass is 10.1. The second-order valence-corrected chi connectivity index (χ2v) is 3.86. The van der Waals surface area contributed by atoms with E-state index in [9.17, 15) is 9.59 Å². The van der Waals surface area contributed by atoms with Crippen LogP contribution in [0.25, 0.3) is 0 Å². The van der Waals surface area contributed by atoms with Crippen LogP contribution in [0.5, 0.6) is 0 Å². The van der Waals surface area contributed by atoms with Crippen molar-refractivity contribution in [3.05, 3.63) is 34.2 Å². The number of rotatable bonds is 6. The minimum Gasteiger partial charge on any atom is -0.383 e. The Balaban J connectivity index is 2.63. The van der Waals surface area contributed by atoms with Crippen LogP contribution in [0.15, 0.2) is 23.1 Å². The Hall–Kier alpha value is -1.62. The zero-order valence-corrected chi connectivity index (χ0v) is 10.2. The largest absolute Gasteiger partial charge is 0.383 e. The summed E-state index contributed by atoms with van der Waals surface area (Å²) in [5, 5.41) is 2.87. The van der Waals surface area contributed by atoms with Crippen molar-refractivity contribution < 1.29 is 9.53 Å². The van der Waals surface area contributed by atoms with Gasteiger partial charge in [0.25, 0.3) is 5.91 Å². The van der Waals surface area contributed by atoms with Crippen molar-refractivity contribution in [1.29, 1.82) is 0 Å². The third-order valence-electron chi connectivity index (χ3n) is 2.39. The molecule has 0 bridgehead atoms. The molecular formula is C12H18N2O3. The Morgan fingerprint density at radius 2 is 2.29 bits per heavy atom. The van der Waals surface area contributed by atoms with Gasteiger partial charge in [0.15, 0.2) is 0 Å². The number of H-pyrrole nitrogens is 1. The minimum absolute atomic E-state index is 0.00410. The summed E-state index contributed by atoms with van der Waals surface area (Å²) in [7, 11) is 1.61. The maximum atomic E-state index is 11.8. The van der Waals surface area contributed by atoms with Gasteiger partial charge in [0.05, 0.1) is 18.2 Å². The van der Waals surface area contributed by atoms with E-state index in [1.165, 1.54) is 18.3 Å². The number of carbonyl (C=O) groups excluding carboxylic acids is 1. The minimum atomic E-state index is -0.219. The molecule has 5 heteroatoms. The van der Waals surface area contributed by atoms with Gasteiger partial charge in [0.1, 0.15) is 0 Å². The number of aromatic amines is 1. The zero-order valence-electron chi connectivity index (χ0n) is 10.2. The zero-order chi connectivity index (χ0) is 12.7. The van der Waals surface area contributed by atoms with Gasteiger partial charge < -0.3 is 15.0 Å². The second-order valence-electron chi connectivity index (χ2n) is 3.86. The standard InChI is InChI=1S/C12H18N2O3/c1-3-4-10(8-17-2)14-12(16)9-5-6-11(15)13-7-9/h5-7,10H,3-4,8H2,1-2H3,(H,13,15)(H,14,16). The van der Waals surface area contributed by atoms with Gasteiger partial charge in [0.2, 0.25) is 5.56 Å². The first kappa shape index (κ1) is 13.4. The molecule has 0 fully saturated rings. The van der Waals surface area contributed by atoms with Crippen LogP contribution in [-0.2, 0) is 4.74 Å². The Morgan fingerprint density at radius 1 is 1.53 bits per heavy atom. The van der Waals surface area contributed by atoms with Crippen LogP contribution >= 0.6 is 0 Å². The number of hydrogen-bond acceptors (Lipinski definition) is 3. The molecule has 1 unspecified atom stereocenters. The molecule has 1 heterocycles. The van der Waals surface area contributed by atoms with Crippen molar-refractivity contribution in [1.82, 2.24) is 10.3 Å². The van der Waals surface area contributed by atoms with Crippen LogP contribution < -0.4 is 10.9 Å². The Labute approximate surface area is 100 Å². The normalized spacial score (nSPS) is 12.1. The summed E-state index contributed by atoms with van der Waals surface area (Å²) >= 11 is 0. The monoisotopic (exact) mass is 238 g/mol. The Morgan fingerprint density at radius 3 is 2.82 bits per heavy atom. The van der Waals surface area contributed by atoms with Crippen LogP contribution in [0.1, 0.15) is 30.1 Å². The van der Waals surface area contributed by atoms with E-state index >= 15 is 0 Å². The molecule has 17 heavy (non-hydrogen) atoms. The van der Waals surface area contributed by atoms with Gasteiger partial charge in [-0.15, -0.1) is 0 Å². The van der Waals surface area contributed by atoms with Crippen molar-refractivity contribution in [3.63, 3.8) is 0 Å². The molecule has 0 spiro atoms. The molecule has 0 aliphatic carbocycles. The summed E-state index contributed by atoms with van der Waals surface area (Å²) in [4.78, 5) is 25.2. The number of carbonyl (C=O) groups is 1. The average molecular weight is 238 g/mol. The Kier molecular flexibility index (Phi) is 5.42. The van der Waals surface area contributed by atoms with E-state index in [1.54, 1.807) is 7.11 Å². The first-order chi connectivity index (χ1) is 8.17. The molecule has 1 amide bonds. The van der Waals surface area contributed by atoms with Crippen molar-refractivity contribution in [2.45, 2.75) is 25.8 Å². The second kappa shape index (κ2) is 6.85. The fraction of sp³-hybridized carbons (Fsp3) is 0.500. The quantitative estimate of drug-likeness (QED) is 0.774. The van der Waals surface area contributed by atoms with Gasteiger partial charge in [-0.05, 0) is 12.5 Å². The third kappa shape index (κ3) is 4.40. The summed E-state index contributed by atoms with van der Waals surface area (Å²) in [6, 6.07) is 2.84. The molecule has 1 aromatic heterocycles. The maximum absolute atomic E-state index is 11.8. The highest BCUT2D eigenvalue weighted by molar-refractivity contribution is 5.93. The highest BCUT2D eigenvalue weighted by Crippen LogP contribution is 2.00. The van der Waals surface area contributed by atoms with E-state index in [1.807, 2.05) is 0 Å². The van der Waals surface area contributed by atoms with E-state index in [2.05, 4.69) is 17.2 Å². The summed E-state index contributed by atoms with van der Waals surface area (Å²) in [5.74, 6) is -0.197. The average Bonchev–Trinajstić information content (AvgIpc) is 2.30. The fourth-order valence-corrected chi connectivity index (χ4v) is 1.57. The molecular weight excluding hydrogens is 220 g/mol. The lowest BCUT2D eigenvalue weighted by Crippen LogP contribution is -2.38. The van der Waals surface area contributed by atoms with Crippen LogP contribution in [0.3, 0.4) is 0 Å². The van der Waals surface area contributed by atoms with Crippen LogP contribution in [0.2, 0.25) is 0 Å². The first-order valence-electron chi connectivity index (χ1n) is 5.66. The summed E-state index contributed by atoms with van der Waals surface area (Å²) in [5.41, 5.74) is 0.227. The topological polar surface area (TPSA) is 71.2 Å². The molecule has 0 radical (unpaired) electrons. The molecule has 0 aliphatic heterocycles. The molecule has 1 atom stereocenters. The maximum Gasteiger partial charge on any atom is 0.253 e. The highest BCUT2D eigenvalue weighted by atomic mass is 16.5. The van der Waals surface area contributed by atoms with Crippen LogP contribution in [-0.4, -0.2) is 30.6 Å². The first-order valence-corrected chi connectivity index (χ1v) is 5.66. The van der Waals surface area contributed by atoms with Crippen LogP contribution in [0, 0.1) is 0 Å². The van der Waals surface area contributed by atoms with Crippen LogP contribution in [0.4, 0.5) is 0 Å². The van der Waals surface area contributed by atoms with E-state index in [0.29, 0.717) is 12.2 Å². The molecule has 5 nitrogen and oxygen atoms in total. The highest BCUT2D eigenvalue weighted by Gasteiger charge is 2.12. The lowest BCUT2D eigenvalue weighted by molar-refractivity contribution is 0.0891. The molecule has 0 aliphatic rings. The van der Waals surface area contributed by atoms with E-state index in [0.717, 1.165) is 12.8 Å². The number of methoxy groups -OCH3 is 1. The van der Waals surface area contributed by atoms with Crippen molar-refractivity contribution in [2.24, 2.45) is 0 Å². The van der Waals surface area contributed by atoms with E-state index in [4.69, 9.17) is 4.74 Å². The van der Waals surface area contributed by atoms with Gasteiger partial charge in [-0.3, -0.25) is 9.59 Å². The predicted molar refractivity (Wildman–Crippen MR) is 65.1 cm³/mol. The van der Waals surface area contributed by atoms with E-state index in [-0.39, 0.29) is 17.5 Å². The predicted octanol–water partition coefficient (Wildman–Crippen LogP) is 0.920. The summed E-state index contributed by atoms with van der Waals surface area (Å²) < 4.78 is 5.04. The van der Waals surface area contributed by atoms with Crippen molar-refractivity contribution in [2.75, 3.05) is 13.7 Å². The summed E-state index contributed by atoms with van der Waals surface area (Å²) in [6.07, 6.45) is 3.25. The SMILES string of the molecule is CCCC(COC)NC(=O)c1ccc(=O)[nH]c1. The number of pyridine rings is 1. The Bertz CT molecular complexity index is 388. The summed E-state index contributed by atoms with van der Waals surface area (Å²) in [6.45, 7) is 2.54. The van der Waals surface area contributed by atoms with Gasteiger partial charge >= 0.3 is 0 Å². The number of amides is 1. The van der Waals surface area contributed by atoms with Gasteiger partial charge in [-0.25, -0.2) is 0 Å². The lowest BCUT2D eigenvalue weighted by Gasteiger charge is -2.16. The molecule has 0 aromatic carbocycles. The molecule has 1 aromatic rings. The van der Waals surface area contributed by atoms with Gasteiger partial charge in [-0.1, -0.05) is 13.3 Å². The van der Waals surface area contributed by atoms with E-state index < -0.39 is 0 Å².